The van der Waals surface area contributed by atoms with Gasteiger partial charge >= 0.3 is 0 Å². The highest BCUT2D eigenvalue weighted by Gasteiger charge is 2.23. The van der Waals surface area contributed by atoms with Gasteiger partial charge in [-0.25, -0.2) is 0 Å². The molecule has 152 valence electrons. The van der Waals surface area contributed by atoms with E-state index in [9.17, 15) is 4.79 Å². The molecule has 0 unspecified atom stereocenters. The Balaban J connectivity index is 1.50. The molecule has 2 heterocycles. The van der Waals surface area contributed by atoms with Crippen LogP contribution in [0.1, 0.15) is 48.8 Å². The first-order valence-electron chi connectivity index (χ1n) is 10.2. The number of hydrogen-bond acceptors (Lipinski definition) is 6. The SMILES string of the molecule is CCCCN(C)c1ccc(C(=O)N2CCN(Cc3noc(CC)n3)CC2)cc1. The second-order valence-electron chi connectivity index (χ2n) is 7.35. The lowest BCUT2D eigenvalue weighted by Gasteiger charge is -2.34. The number of rotatable bonds is 8. The molecule has 1 amide bonds. The van der Waals surface area contributed by atoms with Gasteiger partial charge < -0.3 is 14.3 Å². The van der Waals surface area contributed by atoms with Crippen molar-refractivity contribution in [1.82, 2.24) is 19.9 Å². The van der Waals surface area contributed by atoms with Gasteiger partial charge in [0.05, 0.1) is 6.54 Å². The normalized spacial score (nSPS) is 15.0. The van der Waals surface area contributed by atoms with Gasteiger partial charge in [0.2, 0.25) is 5.89 Å². The van der Waals surface area contributed by atoms with Gasteiger partial charge in [0, 0.05) is 57.4 Å². The summed E-state index contributed by atoms with van der Waals surface area (Å²) in [5, 5.41) is 4.01. The van der Waals surface area contributed by atoms with Crippen LogP contribution < -0.4 is 4.90 Å². The fourth-order valence-electron chi connectivity index (χ4n) is 3.37. The zero-order valence-corrected chi connectivity index (χ0v) is 17.2. The number of carbonyl (C=O) groups is 1. The van der Waals surface area contributed by atoms with Crippen LogP contribution in [-0.2, 0) is 13.0 Å². The smallest absolute Gasteiger partial charge is 0.253 e. The number of anilines is 1. The Bertz CT molecular complexity index is 750. The molecule has 1 aliphatic heterocycles. The van der Waals surface area contributed by atoms with Crippen molar-refractivity contribution in [2.75, 3.05) is 44.7 Å². The minimum atomic E-state index is 0.107. The molecule has 0 atom stereocenters. The van der Waals surface area contributed by atoms with Gasteiger partial charge in [0.1, 0.15) is 0 Å². The van der Waals surface area contributed by atoms with Crippen LogP contribution in [0, 0.1) is 0 Å². The fraction of sp³-hybridized carbons (Fsp3) is 0.571. The van der Waals surface area contributed by atoms with Crippen molar-refractivity contribution in [3.05, 3.63) is 41.5 Å². The minimum Gasteiger partial charge on any atom is -0.375 e. The summed E-state index contributed by atoms with van der Waals surface area (Å²) in [5.74, 6) is 1.50. The van der Waals surface area contributed by atoms with Gasteiger partial charge in [-0.1, -0.05) is 25.4 Å². The number of unbranched alkanes of at least 4 members (excludes halogenated alkanes) is 1. The maximum atomic E-state index is 12.8. The fourth-order valence-corrected chi connectivity index (χ4v) is 3.37. The predicted octanol–water partition coefficient (Wildman–Crippen LogP) is 2.83. The Morgan fingerprint density at radius 1 is 1.14 bits per heavy atom. The Hall–Kier alpha value is -2.41. The predicted molar refractivity (Wildman–Crippen MR) is 109 cm³/mol. The molecule has 1 saturated heterocycles. The second kappa shape index (κ2) is 9.68. The molecule has 0 bridgehead atoms. The van der Waals surface area contributed by atoms with Crippen LogP contribution in [0.15, 0.2) is 28.8 Å². The van der Waals surface area contributed by atoms with Crippen molar-refractivity contribution < 1.29 is 9.32 Å². The highest BCUT2D eigenvalue weighted by atomic mass is 16.5. The molecule has 1 fully saturated rings. The van der Waals surface area contributed by atoms with Crippen molar-refractivity contribution in [3.8, 4) is 0 Å². The minimum absolute atomic E-state index is 0.107. The van der Waals surface area contributed by atoms with Crippen LogP contribution in [0.2, 0.25) is 0 Å². The summed E-state index contributed by atoms with van der Waals surface area (Å²) in [6.07, 6.45) is 3.10. The summed E-state index contributed by atoms with van der Waals surface area (Å²) in [4.78, 5) is 23.6. The van der Waals surface area contributed by atoms with Gasteiger partial charge in [-0.3, -0.25) is 9.69 Å². The zero-order valence-electron chi connectivity index (χ0n) is 17.2. The largest absolute Gasteiger partial charge is 0.375 e. The third-order valence-electron chi connectivity index (χ3n) is 5.24. The maximum Gasteiger partial charge on any atom is 0.253 e. The topological polar surface area (TPSA) is 65.7 Å². The van der Waals surface area contributed by atoms with Gasteiger partial charge in [-0.15, -0.1) is 0 Å². The molecule has 7 nitrogen and oxygen atoms in total. The second-order valence-corrected chi connectivity index (χ2v) is 7.35. The van der Waals surface area contributed by atoms with Crippen molar-refractivity contribution >= 4 is 11.6 Å². The van der Waals surface area contributed by atoms with Crippen LogP contribution in [0.25, 0.3) is 0 Å². The lowest BCUT2D eigenvalue weighted by atomic mass is 10.1. The molecule has 2 aromatic rings. The Kier molecular flexibility index (Phi) is 7.03. The van der Waals surface area contributed by atoms with Crippen LogP contribution in [0.4, 0.5) is 5.69 Å². The number of carbonyl (C=O) groups excluding carboxylic acids is 1. The highest BCUT2D eigenvalue weighted by molar-refractivity contribution is 5.94. The van der Waals surface area contributed by atoms with E-state index in [2.05, 4.69) is 33.9 Å². The standard InChI is InChI=1S/C21H31N5O2/c1-4-6-11-24(3)18-9-7-17(8-10-18)21(27)26-14-12-25(13-15-26)16-19-22-20(5-2)28-23-19/h7-10H,4-6,11-16H2,1-3H3. The summed E-state index contributed by atoms with van der Waals surface area (Å²) in [6.45, 7) is 8.97. The van der Waals surface area contributed by atoms with Gasteiger partial charge in [-0.2, -0.15) is 4.98 Å². The molecule has 1 aromatic heterocycles. The number of nitrogens with zero attached hydrogens (tertiary/aromatic N) is 5. The molecule has 0 aliphatic carbocycles. The monoisotopic (exact) mass is 385 g/mol. The van der Waals surface area contributed by atoms with E-state index in [4.69, 9.17) is 4.52 Å². The third kappa shape index (κ3) is 5.10. The Labute approximate surface area is 167 Å². The van der Waals surface area contributed by atoms with Gasteiger partial charge in [0.15, 0.2) is 5.82 Å². The lowest BCUT2D eigenvalue weighted by molar-refractivity contribution is 0.0624. The first-order chi connectivity index (χ1) is 13.6. The average Bonchev–Trinajstić information content (AvgIpc) is 3.19. The molecule has 0 saturated carbocycles. The third-order valence-corrected chi connectivity index (χ3v) is 5.24. The van der Waals surface area contributed by atoms with Gasteiger partial charge in [0.25, 0.3) is 5.91 Å². The van der Waals surface area contributed by atoms with E-state index in [1.807, 2.05) is 36.1 Å². The van der Waals surface area contributed by atoms with E-state index in [1.165, 1.54) is 12.8 Å². The summed E-state index contributed by atoms with van der Waals surface area (Å²) < 4.78 is 5.16. The number of amides is 1. The lowest BCUT2D eigenvalue weighted by Crippen LogP contribution is -2.48. The summed E-state index contributed by atoms with van der Waals surface area (Å²) in [6, 6.07) is 7.97. The number of aromatic nitrogens is 2. The van der Waals surface area contributed by atoms with E-state index >= 15 is 0 Å². The van der Waals surface area contributed by atoms with E-state index in [1.54, 1.807) is 0 Å². The van der Waals surface area contributed by atoms with E-state index in [-0.39, 0.29) is 5.91 Å². The van der Waals surface area contributed by atoms with E-state index < -0.39 is 0 Å². The number of piperazine rings is 1. The Morgan fingerprint density at radius 2 is 1.86 bits per heavy atom. The number of hydrogen-bond donors (Lipinski definition) is 0. The Morgan fingerprint density at radius 3 is 2.46 bits per heavy atom. The molecule has 0 radical (unpaired) electrons. The maximum absolute atomic E-state index is 12.8. The van der Waals surface area contributed by atoms with E-state index in [0.29, 0.717) is 12.4 Å². The summed E-state index contributed by atoms with van der Waals surface area (Å²) in [7, 11) is 2.10. The summed E-state index contributed by atoms with van der Waals surface area (Å²) >= 11 is 0. The first kappa shape index (κ1) is 20.3. The van der Waals surface area contributed by atoms with Gasteiger partial charge in [-0.05, 0) is 30.7 Å². The molecule has 28 heavy (non-hydrogen) atoms. The van der Waals surface area contributed by atoms with Crippen molar-refractivity contribution in [2.24, 2.45) is 0 Å². The number of aryl methyl sites for hydroxylation is 1. The molecule has 3 rings (SSSR count). The zero-order chi connectivity index (χ0) is 19.9. The quantitative estimate of drug-likeness (QED) is 0.696. The molecule has 0 spiro atoms. The first-order valence-corrected chi connectivity index (χ1v) is 10.2. The molecular formula is C21H31N5O2. The molecule has 7 heteroatoms. The van der Waals surface area contributed by atoms with Crippen LogP contribution in [-0.4, -0.2) is 65.6 Å². The van der Waals surface area contributed by atoms with Crippen molar-refractivity contribution in [3.63, 3.8) is 0 Å². The molecule has 0 N–H and O–H groups in total. The molecule has 1 aliphatic rings. The van der Waals surface area contributed by atoms with Crippen molar-refractivity contribution in [1.29, 1.82) is 0 Å². The average molecular weight is 386 g/mol. The molecular weight excluding hydrogens is 354 g/mol. The van der Waals surface area contributed by atoms with Crippen LogP contribution in [0.5, 0.6) is 0 Å². The van der Waals surface area contributed by atoms with E-state index in [0.717, 1.165) is 56.2 Å². The van der Waals surface area contributed by atoms with Crippen molar-refractivity contribution in [2.45, 2.75) is 39.7 Å². The summed E-state index contributed by atoms with van der Waals surface area (Å²) in [5.41, 5.74) is 1.91. The molecule has 1 aromatic carbocycles. The number of benzene rings is 1. The van der Waals surface area contributed by atoms with Crippen LogP contribution in [0.3, 0.4) is 0 Å². The van der Waals surface area contributed by atoms with Crippen LogP contribution >= 0.6 is 0 Å². The highest BCUT2D eigenvalue weighted by Crippen LogP contribution is 2.17.